The molecule has 0 saturated carbocycles. The van der Waals surface area contributed by atoms with Crippen molar-refractivity contribution in [1.82, 2.24) is 0 Å². The highest BCUT2D eigenvalue weighted by molar-refractivity contribution is 8.01. The summed E-state index contributed by atoms with van der Waals surface area (Å²) in [4.78, 5) is 12.3. The predicted octanol–water partition coefficient (Wildman–Crippen LogP) is 3.13. The van der Waals surface area contributed by atoms with Crippen LogP contribution in [0.25, 0.3) is 5.57 Å². The number of amides is 1. The molecule has 0 spiro atoms. The van der Waals surface area contributed by atoms with Gasteiger partial charge in [-0.25, -0.2) is 0 Å². The van der Waals surface area contributed by atoms with Crippen LogP contribution < -0.4 is 5.73 Å². The normalized spacial score (nSPS) is 15.4. The Morgan fingerprint density at radius 1 is 1.18 bits per heavy atom. The second kappa shape index (κ2) is 4.05. The van der Waals surface area contributed by atoms with Gasteiger partial charge in [0.25, 0.3) is 0 Å². The molecule has 1 amide bonds. The van der Waals surface area contributed by atoms with Gasteiger partial charge in [-0.2, -0.15) is 0 Å². The Labute approximate surface area is 107 Å². The number of nitrogens with two attached hydrogens (primary N) is 1. The summed E-state index contributed by atoms with van der Waals surface area (Å²) >= 11 is 3.44. The van der Waals surface area contributed by atoms with Crippen LogP contribution in [0.5, 0.6) is 0 Å². The molecule has 0 atom stereocenters. The molecule has 2 nitrogen and oxygen atoms in total. The van der Waals surface area contributed by atoms with Crippen molar-refractivity contribution in [3.05, 3.63) is 52.9 Å². The Morgan fingerprint density at radius 3 is 2.82 bits per heavy atom. The minimum absolute atomic E-state index is 0.404. The van der Waals surface area contributed by atoms with Gasteiger partial charge in [0.1, 0.15) is 0 Å². The van der Waals surface area contributed by atoms with Crippen LogP contribution in [0.15, 0.2) is 50.9 Å². The molecule has 0 saturated heterocycles. The molecule has 1 aliphatic rings. The Bertz CT molecular complexity index is 628. The number of primary amides is 1. The van der Waals surface area contributed by atoms with E-state index in [9.17, 15) is 4.79 Å². The number of hydrogen-bond acceptors (Lipinski definition) is 3. The first-order chi connectivity index (χ1) is 8.25. The van der Waals surface area contributed by atoms with Crippen LogP contribution in [0.2, 0.25) is 0 Å². The fraction of sp³-hybridized carbons (Fsp3) is 0. The van der Waals surface area contributed by atoms with Crippen molar-refractivity contribution < 1.29 is 4.79 Å². The summed E-state index contributed by atoms with van der Waals surface area (Å²) in [6, 6.07) is 10.1. The molecular formula is C13H9NOS2. The van der Waals surface area contributed by atoms with Gasteiger partial charge in [-0.05, 0) is 28.6 Å². The molecule has 1 aromatic heterocycles. The van der Waals surface area contributed by atoms with Crippen LogP contribution in [0.4, 0.5) is 0 Å². The van der Waals surface area contributed by atoms with Crippen molar-refractivity contribution in [2.45, 2.75) is 9.10 Å². The lowest BCUT2D eigenvalue weighted by atomic mass is 9.99. The van der Waals surface area contributed by atoms with Crippen molar-refractivity contribution in [3.63, 3.8) is 0 Å². The van der Waals surface area contributed by atoms with Crippen molar-refractivity contribution in [2.24, 2.45) is 5.73 Å². The molecule has 2 heterocycles. The molecule has 2 N–H and O–H groups in total. The van der Waals surface area contributed by atoms with E-state index in [2.05, 4.69) is 6.07 Å². The molecule has 17 heavy (non-hydrogen) atoms. The first-order valence-corrected chi connectivity index (χ1v) is 6.81. The average Bonchev–Trinajstić information content (AvgIpc) is 2.76. The standard InChI is InChI=1S/C13H9NOS2/c14-12(15)7-10-8-3-1-2-4-11(8)17-13-9(10)5-6-16-13/h1-7H,(H2,14,15). The van der Waals surface area contributed by atoms with Crippen LogP contribution in [-0.2, 0) is 4.79 Å². The molecule has 0 aliphatic carbocycles. The highest BCUT2D eigenvalue weighted by Gasteiger charge is 2.21. The van der Waals surface area contributed by atoms with Crippen molar-refractivity contribution in [3.8, 4) is 0 Å². The number of benzene rings is 1. The first-order valence-electron chi connectivity index (χ1n) is 5.12. The zero-order valence-electron chi connectivity index (χ0n) is 8.84. The minimum Gasteiger partial charge on any atom is -0.366 e. The van der Waals surface area contributed by atoms with Gasteiger partial charge in [0, 0.05) is 16.5 Å². The Morgan fingerprint density at radius 2 is 2.00 bits per heavy atom. The largest absolute Gasteiger partial charge is 0.366 e. The Balaban J connectivity index is 2.26. The quantitative estimate of drug-likeness (QED) is 0.682. The summed E-state index contributed by atoms with van der Waals surface area (Å²) in [5, 5.41) is 2.04. The van der Waals surface area contributed by atoms with Gasteiger partial charge in [0.05, 0.1) is 4.21 Å². The third-order valence-electron chi connectivity index (χ3n) is 2.59. The van der Waals surface area contributed by atoms with Gasteiger partial charge < -0.3 is 5.73 Å². The van der Waals surface area contributed by atoms with Crippen molar-refractivity contribution >= 4 is 34.6 Å². The summed E-state index contributed by atoms with van der Waals surface area (Å²) in [5.41, 5.74) is 8.42. The summed E-state index contributed by atoms with van der Waals surface area (Å²) in [7, 11) is 0. The second-order valence-corrected chi connectivity index (χ2v) is 5.91. The molecule has 2 aromatic rings. The van der Waals surface area contributed by atoms with Gasteiger partial charge in [0.15, 0.2) is 0 Å². The number of rotatable bonds is 1. The topological polar surface area (TPSA) is 43.1 Å². The Hall–Kier alpha value is -1.52. The Kier molecular flexibility index (Phi) is 2.53. The maximum absolute atomic E-state index is 11.2. The molecule has 3 rings (SSSR count). The van der Waals surface area contributed by atoms with E-state index < -0.39 is 5.91 Å². The van der Waals surface area contributed by atoms with Crippen LogP contribution in [0, 0.1) is 0 Å². The monoisotopic (exact) mass is 259 g/mol. The second-order valence-electron chi connectivity index (χ2n) is 3.68. The van der Waals surface area contributed by atoms with Crippen molar-refractivity contribution in [1.29, 1.82) is 0 Å². The molecule has 0 fully saturated rings. The van der Waals surface area contributed by atoms with Crippen LogP contribution in [0.1, 0.15) is 11.1 Å². The van der Waals surface area contributed by atoms with E-state index in [0.717, 1.165) is 16.7 Å². The lowest BCUT2D eigenvalue weighted by molar-refractivity contribution is -0.113. The number of hydrogen-bond donors (Lipinski definition) is 1. The van der Waals surface area contributed by atoms with Gasteiger partial charge >= 0.3 is 0 Å². The van der Waals surface area contributed by atoms with E-state index in [4.69, 9.17) is 5.73 Å². The smallest absolute Gasteiger partial charge is 0.242 e. The maximum atomic E-state index is 11.2. The van der Waals surface area contributed by atoms with E-state index in [0.29, 0.717) is 0 Å². The zero-order valence-corrected chi connectivity index (χ0v) is 10.5. The van der Waals surface area contributed by atoms with E-state index in [1.54, 1.807) is 23.1 Å². The number of carbonyl (C=O) groups is 1. The summed E-state index contributed by atoms with van der Waals surface area (Å²) in [6.45, 7) is 0. The molecule has 84 valence electrons. The van der Waals surface area contributed by atoms with E-state index >= 15 is 0 Å². The summed E-state index contributed by atoms with van der Waals surface area (Å²) in [6.07, 6.45) is 1.52. The van der Waals surface area contributed by atoms with Gasteiger partial charge in [-0.1, -0.05) is 30.0 Å². The third-order valence-corrected chi connectivity index (χ3v) is 4.81. The van der Waals surface area contributed by atoms with Crippen LogP contribution >= 0.6 is 23.1 Å². The minimum atomic E-state index is -0.404. The van der Waals surface area contributed by atoms with Gasteiger partial charge in [-0.3, -0.25) is 4.79 Å². The lowest BCUT2D eigenvalue weighted by Gasteiger charge is -2.18. The molecule has 1 aliphatic heterocycles. The lowest BCUT2D eigenvalue weighted by Crippen LogP contribution is -2.08. The fourth-order valence-corrected chi connectivity index (χ4v) is 4.08. The molecule has 1 aromatic carbocycles. The fourth-order valence-electron chi connectivity index (χ4n) is 1.90. The molecule has 0 radical (unpaired) electrons. The number of thiophene rings is 1. The summed E-state index contributed by atoms with van der Waals surface area (Å²) < 4.78 is 1.22. The zero-order chi connectivity index (χ0) is 11.8. The summed E-state index contributed by atoms with van der Waals surface area (Å²) in [5.74, 6) is -0.404. The van der Waals surface area contributed by atoms with E-state index in [1.165, 1.54) is 15.2 Å². The number of fused-ring (bicyclic) bond motifs is 2. The van der Waals surface area contributed by atoms with E-state index in [1.807, 2.05) is 29.6 Å². The predicted molar refractivity (Wildman–Crippen MR) is 71.2 cm³/mol. The third kappa shape index (κ3) is 1.79. The van der Waals surface area contributed by atoms with Crippen LogP contribution in [-0.4, -0.2) is 5.91 Å². The first kappa shape index (κ1) is 10.6. The molecule has 0 unspecified atom stereocenters. The van der Waals surface area contributed by atoms with Crippen LogP contribution in [0.3, 0.4) is 0 Å². The SMILES string of the molecule is NC(=O)C=C1c2ccccc2Sc2sccc21. The van der Waals surface area contributed by atoms with E-state index in [-0.39, 0.29) is 0 Å². The maximum Gasteiger partial charge on any atom is 0.242 e. The average molecular weight is 259 g/mol. The molecule has 0 bridgehead atoms. The highest BCUT2D eigenvalue weighted by atomic mass is 32.2. The molecular weight excluding hydrogens is 250 g/mol. The number of carbonyl (C=O) groups excluding carboxylic acids is 1. The van der Waals surface area contributed by atoms with Gasteiger partial charge in [-0.15, -0.1) is 11.3 Å². The van der Waals surface area contributed by atoms with Gasteiger partial charge in [0.2, 0.25) is 5.91 Å². The molecule has 4 heteroatoms. The van der Waals surface area contributed by atoms with Crippen molar-refractivity contribution in [2.75, 3.05) is 0 Å². The highest BCUT2D eigenvalue weighted by Crippen LogP contribution is 2.47.